The van der Waals surface area contributed by atoms with E-state index in [4.69, 9.17) is 15.0 Å². The van der Waals surface area contributed by atoms with E-state index in [1.807, 2.05) is 0 Å². The Hall–Kier alpha value is -3.17. The number of anilines is 1. The molecule has 1 unspecified atom stereocenters. The molecular formula is C14H14FN5O4. The smallest absolute Gasteiger partial charge is 0.414 e. The van der Waals surface area contributed by atoms with Crippen molar-refractivity contribution in [3.8, 4) is 11.5 Å². The molecule has 0 bridgehead atoms. The standard InChI is InChI=1S/C14H14FN5O4/c1-7-18-12(24-19-7)10-3-2-8(4-11(10)15)20-6-9(23-14(20)22)5-17-13(16)21/h2-4,9H,5-6H2,1H3,(H3,16,17,21). The molecule has 0 aliphatic carbocycles. The Labute approximate surface area is 135 Å². The molecule has 1 aromatic heterocycles. The SMILES string of the molecule is Cc1noc(-c2ccc(N3CC(CNC(N)=O)OC3=O)cc2F)n1. The highest BCUT2D eigenvalue weighted by atomic mass is 19.1. The van der Waals surface area contributed by atoms with E-state index < -0.39 is 24.0 Å². The highest BCUT2D eigenvalue weighted by molar-refractivity contribution is 5.90. The van der Waals surface area contributed by atoms with Crippen LogP contribution in [0.5, 0.6) is 0 Å². The van der Waals surface area contributed by atoms with Crippen LogP contribution in [0.3, 0.4) is 0 Å². The molecule has 1 aliphatic rings. The number of urea groups is 1. The number of nitrogens with one attached hydrogen (secondary N) is 1. The molecule has 3 rings (SSSR count). The first-order valence-electron chi connectivity index (χ1n) is 7.05. The molecule has 3 N–H and O–H groups in total. The van der Waals surface area contributed by atoms with Crippen molar-refractivity contribution in [3.05, 3.63) is 29.8 Å². The van der Waals surface area contributed by atoms with E-state index in [-0.39, 0.29) is 24.5 Å². The number of ether oxygens (including phenoxy) is 1. The zero-order chi connectivity index (χ0) is 17.3. The summed E-state index contributed by atoms with van der Waals surface area (Å²) in [7, 11) is 0. The lowest BCUT2D eigenvalue weighted by Gasteiger charge is -2.13. The molecule has 9 nitrogen and oxygen atoms in total. The average molecular weight is 335 g/mol. The van der Waals surface area contributed by atoms with Gasteiger partial charge in [-0.15, -0.1) is 0 Å². The van der Waals surface area contributed by atoms with Crippen molar-refractivity contribution in [1.82, 2.24) is 15.5 Å². The van der Waals surface area contributed by atoms with Crippen LogP contribution < -0.4 is 16.0 Å². The van der Waals surface area contributed by atoms with Gasteiger partial charge in [0.1, 0.15) is 11.9 Å². The summed E-state index contributed by atoms with van der Waals surface area (Å²) < 4.78 is 24.3. The quantitative estimate of drug-likeness (QED) is 0.864. The normalized spacial score (nSPS) is 17.0. The summed E-state index contributed by atoms with van der Waals surface area (Å²) in [6, 6.07) is 3.46. The van der Waals surface area contributed by atoms with Gasteiger partial charge in [-0.25, -0.2) is 14.0 Å². The second kappa shape index (κ2) is 6.14. The lowest BCUT2D eigenvalue weighted by molar-refractivity contribution is 0.141. The van der Waals surface area contributed by atoms with Crippen LogP contribution in [0.25, 0.3) is 11.5 Å². The van der Waals surface area contributed by atoms with Crippen LogP contribution in [-0.4, -0.2) is 41.5 Å². The van der Waals surface area contributed by atoms with E-state index in [1.165, 1.54) is 17.0 Å². The van der Waals surface area contributed by atoms with Crippen molar-refractivity contribution >= 4 is 17.8 Å². The summed E-state index contributed by atoms with van der Waals surface area (Å²) in [5.74, 6) is -0.159. The summed E-state index contributed by atoms with van der Waals surface area (Å²) in [4.78, 5) is 27.8. The summed E-state index contributed by atoms with van der Waals surface area (Å²) in [6.07, 6.45) is -1.20. The van der Waals surface area contributed by atoms with Crippen molar-refractivity contribution in [1.29, 1.82) is 0 Å². The first-order chi connectivity index (χ1) is 11.4. The minimum absolute atomic E-state index is 0.0593. The fourth-order valence-corrected chi connectivity index (χ4v) is 2.30. The van der Waals surface area contributed by atoms with Crippen LogP contribution in [0.1, 0.15) is 5.82 Å². The van der Waals surface area contributed by atoms with Gasteiger partial charge in [0.2, 0.25) is 0 Å². The first kappa shape index (κ1) is 15.7. The van der Waals surface area contributed by atoms with Gasteiger partial charge in [0, 0.05) is 0 Å². The number of carbonyl (C=O) groups excluding carboxylic acids is 2. The lowest BCUT2D eigenvalue weighted by atomic mass is 10.1. The largest absolute Gasteiger partial charge is 0.442 e. The number of aryl methyl sites for hydroxylation is 1. The third-order valence-corrected chi connectivity index (χ3v) is 3.40. The van der Waals surface area contributed by atoms with Crippen LogP contribution in [0.2, 0.25) is 0 Å². The Bertz CT molecular complexity index is 793. The zero-order valence-electron chi connectivity index (χ0n) is 12.7. The van der Waals surface area contributed by atoms with E-state index in [9.17, 15) is 14.0 Å². The van der Waals surface area contributed by atoms with Gasteiger partial charge in [0.15, 0.2) is 5.82 Å². The molecule has 1 fully saturated rings. The zero-order valence-corrected chi connectivity index (χ0v) is 12.7. The van der Waals surface area contributed by atoms with Gasteiger partial charge in [-0.05, 0) is 25.1 Å². The molecule has 1 aliphatic heterocycles. The fraction of sp³-hybridized carbons (Fsp3) is 0.286. The molecule has 126 valence electrons. The van der Waals surface area contributed by atoms with Crippen molar-refractivity contribution in [2.75, 3.05) is 18.0 Å². The van der Waals surface area contributed by atoms with Crippen LogP contribution in [0, 0.1) is 12.7 Å². The van der Waals surface area contributed by atoms with Crippen LogP contribution in [-0.2, 0) is 4.74 Å². The molecule has 1 aromatic carbocycles. The molecule has 1 atom stereocenters. The van der Waals surface area contributed by atoms with Crippen molar-refractivity contribution < 1.29 is 23.2 Å². The monoisotopic (exact) mass is 335 g/mol. The number of cyclic esters (lactones) is 1. The Morgan fingerprint density at radius 2 is 2.33 bits per heavy atom. The number of benzene rings is 1. The molecule has 0 radical (unpaired) electrons. The topological polar surface area (TPSA) is 124 Å². The molecule has 10 heteroatoms. The van der Waals surface area contributed by atoms with Crippen molar-refractivity contribution in [2.24, 2.45) is 5.73 Å². The molecule has 0 saturated carbocycles. The fourth-order valence-electron chi connectivity index (χ4n) is 2.30. The van der Waals surface area contributed by atoms with Gasteiger partial charge in [-0.3, -0.25) is 4.90 Å². The van der Waals surface area contributed by atoms with Gasteiger partial charge in [0.25, 0.3) is 5.89 Å². The summed E-state index contributed by atoms with van der Waals surface area (Å²) in [5.41, 5.74) is 5.43. The lowest BCUT2D eigenvalue weighted by Crippen LogP contribution is -2.37. The maximum absolute atomic E-state index is 14.3. The first-order valence-corrected chi connectivity index (χ1v) is 7.05. The second-order valence-corrected chi connectivity index (χ2v) is 5.17. The minimum Gasteiger partial charge on any atom is -0.442 e. The predicted molar refractivity (Wildman–Crippen MR) is 79.6 cm³/mol. The van der Waals surface area contributed by atoms with Gasteiger partial charge in [0.05, 0.1) is 24.3 Å². The highest BCUT2D eigenvalue weighted by Crippen LogP contribution is 2.28. The Kier molecular flexibility index (Phi) is 4.02. The van der Waals surface area contributed by atoms with Gasteiger partial charge in [-0.2, -0.15) is 4.98 Å². The van der Waals surface area contributed by atoms with Crippen LogP contribution in [0.4, 0.5) is 19.7 Å². The predicted octanol–water partition coefficient (Wildman–Crippen LogP) is 1.18. The number of hydrogen-bond acceptors (Lipinski definition) is 6. The van der Waals surface area contributed by atoms with E-state index in [1.54, 1.807) is 13.0 Å². The van der Waals surface area contributed by atoms with Crippen LogP contribution >= 0.6 is 0 Å². The van der Waals surface area contributed by atoms with E-state index in [0.717, 1.165) is 0 Å². The van der Waals surface area contributed by atoms with Gasteiger partial charge < -0.3 is 20.3 Å². The number of amides is 3. The number of primary amides is 1. The third kappa shape index (κ3) is 3.12. The van der Waals surface area contributed by atoms with E-state index in [0.29, 0.717) is 11.5 Å². The van der Waals surface area contributed by atoms with E-state index in [2.05, 4.69) is 15.5 Å². The molecule has 3 amide bonds. The number of nitrogens with two attached hydrogens (primary N) is 1. The highest BCUT2D eigenvalue weighted by Gasteiger charge is 2.33. The third-order valence-electron chi connectivity index (χ3n) is 3.40. The van der Waals surface area contributed by atoms with Gasteiger partial charge >= 0.3 is 12.1 Å². The maximum Gasteiger partial charge on any atom is 0.414 e. The number of aromatic nitrogens is 2. The number of nitrogens with zero attached hydrogens (tertiary/aromatic N) is 3. The Balaban J connectivity index is 1.77. The molecule has 0 spiro atoms. The number of carbonyl (C=O) groups is 2. The average Bonchev–Trinajstić information content (AvgIpc) is 3.11. The molecule has 2 aromatic rings. The number of rotatable bonds is 4. The van der Waals surface area contributed by atoms with Crippen molar-refractivity contribution in [3.63, 3.8) is 0 Å². The molecular weight excluding hydrogens is 321 g/mol. The summed E-state index contributed by atoms with van der Waals surface area (Å²) in [6.45, 7) is 1.87. The Morgan fingerprint density at radius 1 is 1.54 bits per heavy atom. The molecule has 24 heavy (non-hydrogen) atoms. The number of hydrogen-bond donors (Lipinski definition) is 2. The maximum atomic E-state index is 14.3. The summed E-state index contributed by atoms with van der Waals surface area (Å²) >= 11 is 0. The van der Waals surface area contributed by atoms with E-state index >= 15 is 0 Å². The summed E-state index contributed by atoms with van der Waals surface area (Å²) in [5, 5.41) is 5.97. The number of halogens is 1. The molecule has 2 heterocycles. The van der Waals surface area contributed by atoms with Crippen molar-refractivity contribution in [2.45, 2.75) is 13.0 Å². The minimum atomic E-state index is -0.713. The van der Waals surface area contributed by atoms with Gasteiger partial charge in [-0.1, -0.05) is 5.16 Å². The Morgan fingerprint density at radius 3 is 2.96 bits per heavy atom. The van der Waals surface area contributed by atoms with Crippen LogP contribution in [0.15, 0.2) is 22.7 Å². The molecule has 1 saturated heterocycles. The second-order valence-electron chi connectivity index (χ2n) is 5.17.